The number of sulfone groups is 1. The summed E-state index contributed by atoms with van der Waals surface area (Å²) in [5.74, 6) is 0. The highest BCUT2D eigenvalue weighted by Gasteiger charge is 2.33. The molecule has 0 aliphatic carbocycles. The molecule has 0 bridgehead atoms. The number of carbonyl (C=O) groups is 1. The number of amides is 2. The van der Waals surface area contributed by atoms with Crippen molar-refractivity contribution in [2.45, 2.75) is 49.4 Å². The standard InChI is InChI=1S/C17H26N4O3S/c1-17(2,3)25(23,24)15-5-4-14(12-19-15)20-9-6-13(7-10-20)21-11-8-18-16(21)22/h4-5,12-13H,6-11H2,1-3H3,(H,18,22). The van der Waals surface area contributed by atoms with Gasteiger partial charge in [-0.25, -0.2) is 18.2 Å². The minimum atomic E-state index is -3.43. The van der Waals surface area contributed by atoms with Crippen LogP contribution in [0.1, 0.15) is 33.6 Å². The number of aromatic nitrogens is 1. The van der Waals surface area contributed by atoms with Gasteiger partial charge < -0.3 is 15.1 Å². The van der Waals surface area contributed by atoms with Gasteiger partial charge in [-0.15, -0.1) is 0 Å². The van der Waals surface area contributed by atoms with Gasteiger partial charge in [0.15, 0.2) is 14.9 Å². The van der Waals surface area contributed by atoms with Crippen molar-refractivity contribution in [1.29, 1.82) is 0 Å². The van der Waals surface area contributed by atoms with Crippen molar-refractivity contribution in [1.82, 2.24) is 15.2 Å². The van der Waals surface area contributed by atoms with Crippen LogP contribution in [-0.2, 0) is 9.84 Å². The Bertz CT molecular complexity index is 732. The summed E-state index contributed by atoms with van der Waals surface area (Å²) in [4.78, 5) is 20.1. The van der Waals surface area contributed by atoms with E-state index >= 15 is 0 Å². The first-order valence-electron chi connectivity index (χ1n) is 8.70. The van der Waals surface area contributed by atoms with Gasteiger partial charge in [-0.1, -0.05) is 0 Å². The van der Waals surface area contributed by atoms with Gasteiger partial charge in [-0.2, -0.15) is 0 Å². The second-order valence-electron chi connectivity index (χ2n) is 7.61. The highest BCUT2D eigenvalue weighted by atomic mass is 32.2. The van der Waals surface area contributed by atoms with Crippen molar-refractivity contribution in [2.75, 3.05) is 31.1 Å². The molecule has 1 N–H and O–H groups in total. The lowest BCUT2D eigenvalue weighted by atomic mass is 10.0. The SMILES string of the molecule is CC(C)(C)S(=O)(=O)c1ccc(N2CCC(N3CCNC3=O)CC2)cn1. The fraction of sp³-hybridized carbons (Fsp3) is 0.647. The van der Waals surface area contributed by atoms with E-state index in [9.17, 15) is 13.2 Å². The lowest BCUT2D eigenvalue weighted by Crippen LogP contribution is -2.46. The number of nitrogens with one attached hydrogen (secondary N) is 1. The number of piperidine rings is 1. The molecule has 2 aliphatic heterocycles. The molecule has 2 amide bonds. The molecule has 2 saturated heterocycles. The Kier molecular flexibility index (Phi) is 4.66. The Morgan fingerprint density at radius 1 is 1.16 bits per heavy atom. The Morgan fingerprint density at radius 3 is 2.32 bits per heavy atom. The maximum absolute atomic E-state index is 12.4. The summed E-state index contributed by atoms with van der Waals surface area (Å²) in [6, 6.07) is 3.74. The van der Waals surface area contributed by atoms with Crippen LogP contribution in [0.15, 0.2) is 23.4 Å². The molecular formula is C17H26N4O3S. The van der Waals surface area contributed by atoms with Gasteiger partial charge in [-0.05, 0) is 45.7 Å². The smallest absolute Gasteiger partial charge is 0.317 e. The van der Waals surface area contributed by atoms with Gasteiger partial charge in [-0.3, -0.25) is 0 Å². The molecule has 1 aromatic heterocycles. The van der Waals surface area contributed by atoms with Crippen LogP contribution in [0.4, 0.5) is 10.5 Å². The van der Waals surface area contributed by atoms with Crippen LogP contribution < -0.4 is 10.2 Å². The number of pyridine rings is 1. The number of rotatable bonds is 3. The summed E-state index contributed by atoms with van der Waals surface area (Å²) in [6.45, 7) is 8.21. The van der Waals surface area contributed by atoms with E-state index in [1.807, 2.05) is 11.0 Å². The first kappa shape index (κ1) is 18.0. The van der Waals surface area contributed by atoms with Crippen molar-refractivity contribution in [3.05, 3.63) is 18.3 Å². The molecule has 8 heteroatoms. The van der Waals surface area contributed by atoms with Crippen LogP contribution in [0.2, 0.25) is 0 Å². The molecule has 7 nitrogen and oxygen atoms in total. The van der Waals surface area contributed by atoms with Crippen LogP contribution in [0.3, 0.4) is 0 Å². The number of nitrogens with zero attached hydrogens (tertiary/aromatic N) is 3. The Morgan fingerprint density at radius 2 is 1.84 bits per heavy atom. The van der Waals surface area contributed by atoms with E-state index in [4.69, 9.17) is 0 Å². The molecule has 1 aromatic rings. The molecule has 25 heavy (non-hydrogen) atoms. The van der Waals surface area contributed by atoms with Gasteiger partial charge in [0.2, 0.25) is 0 Å². The third-order valence-corrected chi connectivity index (χ3v) is 7.37. The minimum absolute atomic E-state index is 0.0388. The van der Waals surface area contributed by atoms with Gasteiger partial charge in [0, 0.05) is 32.2 Å². The molecule has 138 valence electrons. The molecule has 0 spiro atoms. The summed E-state index contributed by atoms with van der Waals surface area (Å²) in [5.41, 5.74) is 0.928. The molecule has 3 rings (SSSR count). The third kappa shape index (κ3) is 3.44. The molecule has 0 saturated carbocycles. The van der Waals surface area contributed by atoms with Crippen molar-refractivity contribution in [3.8, 4) is 0 Å². The highest BCUT2D eigenvalue weighted by Crippen LogP contribution is 2.26. The molecule has 0 radical (unpaired) electrons. The number of carbonyl (C=O) groups excluding carboxylic acids is 1. The molecule has 2 fully saturated rings. The third-order valence-electron chi connectivity index (χ3n) is 4.96. The minimum Gasteiger partial charge on any atom is -0.370 e. The number of anilines is 1. The zero-order valence-electron chi connectivity index (χ0n) is 15.0. The number of hydrogen-bond donors (Lipinski definition) is 1. The van der Waals surface area contributed by atoms with Crippen LogP contribution >= 0.6 is 0 Å². The van der Waals surface area contributed by atoms with Crippen molar-refractivity contribution < 1.29 is 13.2 Å². The maximum Gasteiger partial charge on any atom is 0.317 e. The fourth-order valence-corrected chi connectivity index (χ4v) is 4.37. The van der Waals surface area contributed by atoms with E-state index in [-0.39, 0.29) is 17.1 Å². The van der Waals surface area contributed by atoms with E-state index in [1.54, 1.807) is 33.0 Å². The number of urea groups is 1. The van der Waals surface area contributed by atoms with Crippen molar-refractivity contribution in [2.24, 2.45) is 0 Å². The largest absolute Gasteiger partial charge is 0.370 e. The van der Waals surface area contributed by atoms with E-state index in [0.29, 0.717) is 0 Å². The van der Waals surface area contributed by atoms with E-state index in [2.05, 4.69) is 15.2 Å². The van der Waals surface area contributed by atoms with Crippen molar-refractivity contribution in [3.63, 3.8) is 0 Å². The molecule has 0 atom stereocenters. The zero-order valence-corrected chi connectivity index (χ0v) is 15.8. The topological polar surface area (TPSA) is 82.6 Å². The second-order valence-corrected chi connectivity index (χ2v) is 10.3. The van der Waals surface area contributed by atoms with Crippen molar-refractivity contribution >= 4 is 21.6 Å². The average Bonchev–Trinajstić information content (AvgIpc) is 3.00. The van der Waals surface area contributed by atoms with Crippen LogP contribution in [-0.4, -0.2) is 61.3 Å². The molecule has 0 unspecified atom stereocenters. The maximum atomic E-state index is 12.4. The van der Waals surface area contributed by atoms with E-state index in [1.165, 1.54) is 0 Å². The average molecular weight is 366 g/mol. The Hall–Kier alpha value is -1.83. The molecular weight excluding hydrogens is 340 g/mol. The van der Waals surface area contributed by atoms with Gasteiger partial charge in [0.25, 0.3) is 0 Å². The van der Waals surface area contributed by atoms with E-state index in [0.717, 1.165) is 44.7 Å². The molecule has 3 heterocycles. The first-order chi connectivity index (χ1) is 11.7. The first-order valence-corrected chi connectivity index (χ1v) is 10.2. The summed E-state index contributed by atoms with van der Waals surface area (Å²) in [5, 5.41) is 2.97. The lowest BCUT2D eigenvalue weighted by Gasteiger charge is -2.37. The summed E-state index contributed by atoms with van der Waals surface area (Å²) < 4.78 is 24.0. The Labute approximate surface area is 149 Å². The number of hydrogen-bond acceptors (Lipinski definition) is 5. The predicted octanol–water partition coefficient (Wildman–Crippen LogP) is 1.65. The quantitative estimate of drug-likeness (QED) is 0.879. The van der Waals surface area contributed by atoms with E-state index < -0.39 is 14.6 Å². The second kappa shape index (κ2) is 6.48. The molecule has 2 aliphatic rings. The zero-order chi connectivity index (χ0) is 18.2. The van der Waals surface area contributed by atoms with Gasteiger partial charge >= 0.3 is 6.03 Å². The van der Waals surface area contributed by atoms with Crippen LogP contribution in [0, 0.1) is 0 Å². The summed E-state index contributed by atoms with van der Waals surface area (Å²) in [6.07, 6.45) is 3.46. The predicted molar refractivity (Wildman–Crippen MR) is 96.5 cm³/mol. The summed E-state index contributed by atoms with van der Waals surface area (Å²) >= 11 is 0. The fourth-order valence-electron chi connectivity index (χ4n) is 3.30. The molecule has 0 aromatic carbocycles. The Balaban J connectivity index is 1.65. The monoisotopic (exact) mass is 366 g/mol. The normalized spacial score (nSPS) is 20.0. The summed E-state index contributed by atoms with van der Waals surface area (Å²) in [7, 11) is -3.43. The van der Waals surface area contributed by atoms with Crippen LogP contribution in [0.25, 0.3) is 0 Å². The lowest BCUT2D eigenvalue weighted by molar-refractivity contribution is 0.186. The highest BCUT2D eigenvalue weighted by molar-refractivity contribution is 7.92. The van der Waals surface area contributed by atoms with Gasteiger partial charge in [0.05, 0.1) is 16.6 Å². The van der Waals surface area contributed by atoms with Gasteiger partial charge in [0.1, 0.15) is 0 Å². The van der Waals surface area contributed by atoms with Crippen LogP contribution in [0.5, 0.6) is 0 Å².